The van der Waals surface area contributed by atoms with Crippen LogP contribution < -0.4 is 0 Å². The van der Waals surface area contributed by atoms with Gasteiger partial charge in [0.05, 0.1) is 11.5 Å². The molecule has 4 aliphatic rings. The van der Waals surface area contributed by atoms with Crippen molar-refractivity contribution in [3.63, 3.8) is 0 Å². The van der Waals surface area contributed by atoms with Crippen LogP contribution in [-0.4, -0.2) is 26.1 Å². The minimum atomic E-state index is -3.71. The molecule has 4 aliphatic carbocycles. The van der Waals surface area contributed by atoms with Crippen LogP contribution in [0.3, 0.4) is 0 Å². The SMILES string of the molecule is Cc1ccc(S(=O)(=O)OCC2CC[C@]3(C)C4CCC5(C)C(CCC5[C@H](C)CCC(=O)O)[C@@H]4CC[C@@H]3C2)cc1. The monoisotopic (exact) mass is 544 g/mol. The Morgan fingerprint density at radius 3 is 2.39 bits per heavy atom. The number of carboxylic acid groups (broad SMARTS) is 1. The fourth-order valence-electron chi connectivity index (χ4n) is 9.98. The maximum Gasteiger partial charge on any atom is 0.303 e. The van der Waals surface area contributed by atoms with E-state index in [4.69, 9.17) is 4.18 Å². The van der Waals surface area contributed by atoms with Crippen LogP contribution in [0, 0.1) is 59.2 Å². The van der Waals surface area contributed by atoms with Crippen LogP contribution in [0.15, 0.2) is 29.2 Å². The Hall–Kier alpha value is -1.40. The van der Waals surface area contributed by atoms with Crippen molar-refractivity contribution in [3.05, 3.63) is 29.8 Å². The first-order valence-corrected chi connectivity index (χ1v) is 16.5. The van der Waals surface area contributed by atoms with E-state index >= 15 is 0 Å². The average Bonchev–Trinajstić information content (AvgIpc) is 3.23. The lowest BCUT2D eigenvalue weighted by Gasteiger charge is -2.61. The summed E-state index contributed by atoms with van der Waals surface area (Å²) in [6, 6.07) is 6.92. The summed E-state index contributed by atoms with van der Waals surface area (Å²) in [7, 11) is -3.71. The van der Waals surface area contributed by atoms with Gasteiger partial charge in [0.1, 0.15) is 0 Å². The molecule has 0 aromatic heterocycles. The molecule has 0 bridgehead atoms. The normalized spacial score (nSPS) is 39.6. The molecule has 38 heavy (non-hydrogen) atoms. The number of benzene rings is 1. The van der Waals surface area contributed by atoms with Crippen molar-refractivity contribution in [1.29, 1.82) is 0 Å². The Balaban J connectivity index is 1.21. The third-order valence-corrected chi connectivity index (χ3v) is 13.4. The Labute approximate surface area is 230 Å². The molecule has 9 atom stereocenters. The standard InChI is InChI=1S/C32H48O5S/c1-21-5-9-25(10-6-21)38(35,36)37-20-23-15-17-31(3)24(19-23)8-11-26-28-13-12-27(22(2)7-14-30(33)34)32(28,4)18-16-29(26)31/h5-6,9-10,22-24,26-29H,7-8,11-20H2,1-4H3,(H,33,34)/t22-,23?,24-,26+,27?,28?,29?,31+,32?/m1/s1. The molecule has 5 unspecified atom stereocenters. The molecular weight excluding hydrogens is 496 g/mol. The van der Waals surface area contributed by atoms with E-state index in [2.05, 4.69) is 20.8 Å². The minimum Gasteiger partial charge on any atom is -0.481 e. The van der Waals surface area contributed by atoms with E-state index in [1.807, 2.05) is 19.1 Å². The van der Waals surface area contributed by atoms with Gasteiger partial charge < -0.3 is 5.11 Å². The smallest absolute Gasteiger partial charge is 0.303 e. The molecule has 0 saturated heterocycles. The number of aliphatic carboxylic acids is 1. The van der Waals surface area contributed by atoms with E-state index in [0.717, 1.165) is 42.6 Å². The Bertz CT molecular complexity index is 1110. The molecule has 1 N–H and O–H groups in total. The Morgan fingerprint density at radius 1 is 1.00 bits per heavy atom. The van der Waals surface area contributed by atoms with Gasteiger partial charge >= 0.3 is 5.97 Å². The van der Waals surface area contributed by atoms with Gasteiger partial charge in [-0.3, -0.25) is 8.98 Å². The fraction of sp³-hybridized carbons (Fsp3) is 0.781. The molecule has 1 aromatic carbocycles. The largest absolute Gasteiger partial charge is 0.481 e. The van der Waals surface area contributed by atoms with Crippen molar-refractivity contribution < 1.29 is 22.5 Å². The highest BCUT2D eigenvalue weighted by Crippen LogP contribution is 2.68. The maximum atomic E-state index is 12.8. The second-order valence-corrected chi connectivity index (χ2v) is 15.6. The summed E-state index contributed by atoms with van der Waals surface area (Å²) in [5.41, 5.74) is 1.75. The summed E-state index contributed by atoms with van der Waals surface area (Å²) in [6.07, 6.45) is 12.1. The molecule has 1 aromatic rings. The fourth-order valence-corrected chi connectivity index (χ4v) is 11.0. The predicted molar refractivity (Wildman–Crippen MR) is 149 cm³/mol. The molecule has 0 radical (unpaired) electrons. The highest BCUT2D eigenvalue weighted by molar-refractivity contribution is 7.86. The van der Waals surface area contributed by atoms with Crippen molar-refractivity contribution >= 4 is 16.1 Å². The van der Waals surface area contributed by atoms with E-state index < -0.39 is 16.1 Å². The van der Waals surface area contributed by atoms with Gasteiger partial charge in [0.25, 0.3) is 10.1 Å². The van der Waals surface area contributed by atoms with Gasteiger partial charge in [0.2, 0.25) is 0 Å². The summed E-state index contributed by atoms with van der Waals surface area (Å²) in [5, 5.41) is 9.21. The first kappa shape index (κ1) is 28.1. The molecule has 0 amide bonds. The van der Waals surface area contributed by atoms with Crippen LogP contribution in [0.2, 0.25) is 0 Å². The van der Waals surface area contributed by atoms with Crippen molar-refractivity contribution in [2.24, 2.45) is 52.3 Å². The van der Waals surface area contributed by atoms with Crippen molar-refractivity contribution in [1.82, 2.24) is 0 Å². The van der Waals surface area contributed by atoms with Crippen LogP contribution in [0.25, 0.3) is 0 Å². The number of fused-ring (bicyclic) bond motifs is 5. The van der Waals surface area contributed by atoms with Gasteiger partial charge in [-0.25, -0.2) is 0 Å². The lowest BCUT2D eigenvalue weighted by Crippen LogP contribution is -2.54. The second-order valence-electron chi connectivity index (χ2n) is 14.0. The van der Waals surface area contributed by atoms with Gasteiger partial charge in [0, 0.05) is 6.42 Å². The van der Waals surface area contributed by atoms with Gasteiger partial charge in [-0.15, -0.1) is 0 Å². The summed E-state index contributed by atoms with van der Waals surface area (Å²) < 4.78 is 31.1. The highest BCUT2D eigenvalue weighted by Gasteiger charge is 2.60. The third-order valence-electron chi connectivity index (χ3n) is 12.1. The van der Waals surface area contributed by atoms with E-state index in [1.54, 1.807) is 12.1 Å². The molecule has 4 fully saturated rings. The van der Waals surface area contributed by atoms with Gasteiger partial charge in [-0.2, -0.15) is 8.42 Å². The zero-order valence-corrected chi connectivity index (χ0v) is 24.6. The topological polar surface area (TPSA) is 80.7 Å². The number of carboxylic acids is 1. The highest BCUT2D eigenvalue weighted by atomic mass is 32.2. The molecule has 5 nitrogen and oxygen atoms in total. The van der Waals surface area contributed by atoms with Gasteiger partial charge in [-0.1, -0.05) is 38.5 Å². The molecule has 0 spiro atoms. The van der Waals surface area contributed by atoms with E-state index in [1.165, 1.54) is 44.9 Å². The van der Waals surface area contributed by atoms with E-state index in [-0.39, 0.29) is 4.90 Å². The maximum absolute atomic E-state index is 12.8. The van der Waals surface area contributed by atoms with Crippen molar-refractivity contribution in [2.45, 2.75) is 103 Å². The Kier molecular flexibility index (Phi) is 7.80. The van der Waals surface area contributed by atoms with Crippen LogP contribution in [0.1, 0.15) is 97.0 Å². The number of carbonyl (C=O) groups is 1. The molecule has 0 heterocycles. The first-order valence-electron chi connectivity index (χ1n) is 15.1. The lowest BCUT2D eigenvalue weighted by molar-refractivity contribution is -0.138. The number of hydrogen-bond donors (Lipinski definition) is 1. The zero-order chi connectivity index (χ0) is 27.3. The van der Waals surface area contributed by atoms with Crippen LogP contribution in [0.5, 0.6) is 0 Å². The van der Waals surface area contributed by atoms with Crippen molar-refractivity contribution in [3.8, 4) is 0 Å². The predicted octanol–water partition coefficient (Wildman–Crippen LogP) is 7.48. The van der Waals surface area contributed by atoms with Gasteiger partial charge in [0.15, 0.2) is 0 Å². The summed E-state index contributed by atoms with van der Waals surface area (Å²) in [5.74, 6) is 3.77. The summed E-state index contributed by atoms with van der Waals surface area (Å²) in [4.78, 5) is 11.4. The van der Waals surface area contributed by atoms with E-state index in [0.29, 0.717) is 47.5 Å². The van der Waals surface area contributed by atoms with E-state index in [9.17, 15) is 18.3 Å². The molecule has 212 valence electrons. The number of hydrogen-bond acceptors (Lipinski definition) is 4. The first-order chi connectivity index (χ1) is 17.9. The molecule has 4 saturated carbocycles. The lowest BCUT2D eigenvalue weighted by atomic mass is 9.44. The van der Waals surface area contributed by atoms with Crippen LogP contribution in [0.4, 0.5) is 0 Å². The Morgan fingerprint density at radius 2 is 1.68 bits per heavy atom. The molecule has 6 heteroatoms. The minimum absolute atomic E-state index is 0.252. The quantitative estimate of drug-likeness (QED) is 0.343. The third kappa shape index (κ3) is 5.09. The van der Waals surface area contributed by atoms with Crippen molar-refractivity contribution in [2.75, 3.05) is 6.61 Å². The second kappa shape index (κ2) is 10.5. The molecular formula is C32H48O5S. The number of aryl methyl sites for hydroxylation is 1. The summed E-state index contributed by atoms with van der Waals surface area (Å²) >= 11 is 0. The zero-order valence-electron chi connectivity index (χ0n) is 23.8. The summed E-state index contributed by atoms with van der Waals surface area (Å²) in [6.45, 7) is 9.65. The molecule has 5 rings (SSSR count). The van der Waals surface area contributed by atoms with Crippen LogP contribution in [-0.2, 0) is 19.1 Å². The van der Waals surface area contributed by atoms with Crippen LogP contribution >= 0.6 is 0 Å². The molecule has 0 aliphatic heterocycles. The average molecular weight is 545 g/mol. The number of rotatable bonds is 8. The van der Waals surface area contributed by atoms with Gasteiger partial charge in [-0.05, 0) is 136 Å².